The van der Waals surface area contributed by atoms with E-state index in [1.54, 1.807) is 30.1 Å². The standard InChI is InChI=1S/C29H31F3N8O2/c1-19-26(14-22(16-34-19)35-27(41)20-6-5-7-24(13-20)42-29(30,31)32)40-18-25(36-37-40)21-12-23(17-33-15-21)38-8-10-39(11-9-38)28(2,3)4/h5-7,12-18H,8-11H2,1-4H3,(H,35,41). The fourth-order valence-electron chi connectivity index (χ4n) is 4.75. The largest absolute Gasteiger partial charge is 0.573 e. The van der Waals surface area contributed by atoms with Gasteiger partial charge in [0.05, 0.1) is 41.3 Å². The van der Waals surface area contributed by atoms with E-state index < -0.39 is 18.0 Å². The number of anilines is 2. The highest BCUT2D eigenvalue weighted by Gasteiger charge is 2.31. The number of carbonyl (C=O) groups excluding carboxylic acids is 1. The summed E-state index contributed by atoms with van der Waals surface area (Å²) < 4.78 is 43.2. The summed E-state index contributed by atoms with van der Waals surface area (Å²) in [5, 5.41) is 11.3. The van der Waals surface area contributed by atoms with Crippen LogP contribution >= 0.6 is 0 Å². The predicted octanol–water partition coefficient (Wildman–Crippen LogP) is 5.10. The Morgan fingerprint density at radius 1 is 1.00 bits per heavy atom. The number of aryl methyl sites for hydroxylation is 1. The zero-order valence-corrected chi connectivity index (χ0v) is 23.7. The maximum atomic E-state index is 12.8. The minimum Gasteiger partial charge on any atom is -0.406 e. The minimum absolute atomic E-state index is 0.00545. The molecule has 1 aliphatic rings. The number of pyridine rings is 2. The number of carbonyl (C=O) groups is 1. The van der Waals surface area contributed by atoms with E-state index in [0.29, 0.717) is 22.8 Å². The van der Waals surface area contributed by atoms with Crippen LogP contribution in [0.15, 0.2) is 61.2 Å². The van der Waals surface area contributed by atoms with Gasteiger partial charge in [0.2, 0.25) is 0 Å². The number of aromatic nitrogens is 5. The lowest BCUT2D eigenvalue weighted by molar-refractivity contribution is -0.274. The van der Waals surface area contributed by atoms with Crippen molar-refractivity contribution in [1.82, 2.24) is 29.9 Å². The number of halogens is 3. The van der Waals surface area contributed by atoms with Gasteiger partial charge in [0.15, 0.2) is 0 Å². The second-order valence-electron chi connectivity index (χ2n) is 11.0. The summed E-state index contributed by atoms with van der Waals surface area (Å²) in [6.45, 7) is 12.2. The maximum Gasteiger partial charge on any atom is 0.573 e. The number of ether oxygens (including phenoxy) is 1. The summed E-state index contributed by atoms with van der Waals surface area (Å²) in [7, 11) is 0. The third-order valence-corrected chi connectivity index (χ3v) is 7.00. The van der Waals surface area contributed by atoms with Crippen molar-refractivity contribution in [3.05, 3.63) is 72.4 Å². The lowest BCUT2D eigenvalue weighted by atomic mass is 10.0. The van der Waals surface area contributed by atoms with Crippen LogP contribution in [-0.2, 0) is 0 Å². The monoisotopic (exact) mass is 580 g/mol. The quantitative estimate of drug-likeness (QED) is 0.336. The number of hydrogen-bond donors (Lipinski definition) is 1. The van der Waals surface area contributed by atoms with Crippen LogP contribution in [-0.4, -0.2) is 73.8 Å². The second kappa shape index (κ2) is 11.4. The molecule has 42 heavy (non-hydrogen) atoms. The smallest absolute Gasteiger partial charge is 0.406 e. The van der Waals surface area contributed by atoms with Crippen LogP contribution in [0.5, 0.6) is 5.75 Å². The lowest BCUT2D eigenvalue weighted by Crippen LogP contribution is -2.53. The first-order valence-corrected chi connectivity index (χ1v) is 13.4. The van der Waals surface area contributed by atoms with Gasteiger partial charge >= 0.3 is 6.36 Å². The maximum absolute atomic E-state index is 12.8. The fraction of sp³-hybridized carbons (Fsp3) is 0.345. The number of amides is 1. The van der Waals surface area contributed by atoms with E-state index in [0.717, 1.165) is 49.6 Å². The Kier molecular flexibility index (Phi) is 7.87. The van der Waals surface area contributed by atoms with Gasteiger partial charge in [0, 0.05) is 49.0 Å². The molecule has 0 aliphatic carbocycles. The highest BCUT2D eigenvalue weighted by atomic mass is 19.4. The number of nitrogens with zero attached hydrogens (tertiary/aromatic N) is 7. The Bertz CT molecular complexity index is 1570. The first kappa shape index (κ1) is 29.0. The average molecular weight is 581 g/mol. The fourth-order valence-corrected chi connectivity index (χ4v) is 4.75. The van der Waals surface area contributed by atoms with Crippen LogP contribution in [0.25, 0.3) is 16.9 Å². The van der Waals surface area contributed by atoms with Crippen LogP contribution in [0.2, 0.25) is 0 Å². The van der Waals surface area contributed by atoms with Crippen LogP contribution in [0.1, 0.15) is 36.8 Å². The van der Waals surface area contributed by atoms with Crippen molar-refractivity contribution in [1.29, 1.82) is 0 Å². The molecule has 1 N–H and O–H groups in total. The van der Waals surface area contributed by atoms with Crippen LogP contribution in [0, 0.1) is 6.92 Å². The molecule has 1 fully saturated rings. The predicted molar refractivity (Wildman–Crippen MR) is 152 cm³/mol. The second-order valence-corrected chi connectivity index (χ2v) is 11.0. The van der Waals surface area contributed by atoms with Crippen molar-refractivity contribution < 1.29 is 22.7 Å². The number of alkyl halides is 3. The van der Waals surface area contributed by atoms with E-state index in [2.05, 4.69) is 60.9 Å². The molecule has 4 aromatic rings. The topological polar surface area (TPSA) is 101 Å². The Morgan fingerprint density at radius 3 is 2.48 bits per heavy atom. The van der Waals surface area contributed by atoms with Gasteiger partial charge in [0.25, 0.3) is 5.91 Å². The van der Waals surface area contributed by atoms with Crippen molar-refractivity contribution in [3.63, 3.8) is 0 Å². The van der Waals surface area contributed by atoms with Gasteiger partial charge in [-0.3, -0.25) is 19.7 Å². The third kappa shape index (κ3) is 6.85. The Hall–Kier alpha value is -4.52. The molecule has 1 aliphatic heterocycles. The summed E-state index contributed by atoms with van der Waals surface area (Å²) in [4.78, 5) is 26.3. The van der Waals surface area contributed by atoms with Gasteiger partial charge in [-0.2, -0.15) is 0 Å². The van der Waals surface area contributed by atoms with Crippen LogP contribution in [0.3, 0.4) is 0 Å². The zero-order chi connectivity index (χ0) is 30.1. The summed E-state index contributed by atoms with van der Waals surface area (Å²) in [6, 6.07) is 8.54. The van der Waals surface area contributed by atoms with Gasteiger partial charge in [-0.25, -0.2) is 4.68 Å². The molecule has 4 heterocycles. The first-order valence-electron chi connectivity index (χ1n) is 13.4. The molecule has 0 bridgehead atoms. The van der Waals surface area contributed by atoms with Crippen molar-refractivity contribution in [2.75, 3.05) is 36.4 Å². The molecular formula is C29H31F3N8O2. The molecule has 1 saturated heterocycles. The lowest BCUT2D eigenvalue weighted by Gasteiger charge is -2.43. The normalized spacial score (nSPS) is 14.6. The number of hydrogen-bond acceptors (Lipinski definition) is 8. The molecule has 5 rings (SSSR count). The van der Waals surface area contributed by atoms with Gasteiger partial charge < -0.3 is 15.0 Å². The summed E-state index contributed by atoms with van der Waals surface area (Å²) in [5.74, 6) is -1.11. The molecule has 220 valence electrons. The zero-order valence-electron chi connectivity index (χ0n) is 23.7. The molecule has 0 saturated carbocycles. The molecular weight excluding hydrogens is 549 g/mol. The number of benzene rings is 1. The molecule has 10 nitrogen and oxygen atoms in total. The van der Waals surface area contributed by atoms with Crippen molar-refractivity contribution >= 4 is 17.3 Å². The van der Waals surface area contributed by atoms with Gasteiger partial charge in [-0.05, 0) is 58.0 Å². The third-order valence-electron chi connectivity index (χ3n) is 7.00. The number of piperazine rings is 1. The van der Waals surface area contributed by atoms with E-state index in [9.17, 15) is 18.0 Å². The van der Waals surface area contributed by atoms with Crippen LogP contribution < -0.4 is 15.0 Å². The minimum atomic E-state index is -4.86. The molecule has 1 amide bonds. The highest BCUT2D eigenvalue weighted by Crippen LogP contribution is 2.27. The summed E-state index contributed by atoms with van der Waals surface area (Å²) in [6.07, 6.45) is 1.94. The number of rotatable bonds is 6. The Balaban J connectivity index is 1.31. The van der Waals surface area contributed by atoms with E-state index >= 15 is 0 Å². The molecule has 0 atom stereocenters. The van der Waals surface area contributed by atoms with E-state index in [-0.39, 0.29) is 11.1 Å². The SMILES string of the molecule is Cc1ncc(NC(=O)c2cccc(OC(F)(F)F)c2)cc1-n1cc(-c2cncc(N3CCN(C(C)(C)C)CC3)c2)nn1. The highest BCUT2D eigenvalue weighted by molar-refractivity contribution is 6.04. The molecule has 3 aromatic heterocycles. The van der Waals surface area contributed by atoms with Gasteiger partial charge in [-0.15, -0.1) is 18.3 Å². The first-order chi connectivity index (χ1) is 19.9. The Labute approximate surface area is 241 Å². The summed E-state index contributed by atoms with van der Waals surface area (Å²) in [5.41, 5.74) is 4.11. The molecule has 0 spiro atoms. The van der Waals surface area contributed by atoms with Gasteiger partial charge in [0.1, 0.15) is 11.4 Å². The van der Waals surface area contributed by atoms with E-state index in [1.807, 2.05) is 12.3 Å². The molecule has 0 unspecified atom stereocenters. The Morgan fingerprint density at radius 2 is 1.76 bits per heavy atom. The summed E-state index contributed by atoms with van der Waals surface area (Å²) >= 11 is 0. The van der Waals surface area contributed by atoms with Crippen molar-refractivity contribution in [2.45, 2.75) is 39.6 Å². The average Bonchev–Trinajstić information content (AvgIpc) is 3.43. The molecule has 13 heteroatoms. The van der Waals surface area contributed by atoms with Gasteiger partial charge in [-0.1, -0.05) is 11.3 Å². The molecule has 0 radical (unpaired) electrons. The molecule has 1 aromatic carbocycles. The van der Waals surface area contributed by atoms with Crippen molar-refractivity contribution in [2.24, 2.45) is 0 Å². The van der Waals surface area contributed by atoms with E-state index in [4.69, 9.17) is 0 Å². The number of nitrogens with one attached hydrogen (secondary N) is 1. The van der Waals surface area contributed by atoms with Crippen molar-refractivity contribution in [3.8, 4) is 22.7 Å². The van der Waals surface area contributed by atoms with E-state index in [1.165, 1.54) is 18.3 Å². The van der Waals surface area contributed by atoms with Crippen LogP contribution in [0.4, 0.5) is 24.5 Å².